The third-order valence-electron chi connectivity index (χ3n) is 4.78. The zero-order valence-corrected chi connectivity index (χ0v) is 15.8. The molecule has 5 nitrogen and oxygen atoms in total. The Morgan fingerprint density at radius 2 is 1.75 bits per heavy atom. The SMILES string of the molecule is NC(=O)c1ccc(C(=O)NCC(c2cccs2)c2c[nH]c3ccccc23)cc1. The van der Waals surface area contributed by atoms with Crippen LogP contribution in [-0.4, -0.2) is 23.3 Å². The molecule has 6 heteroatoms. The molecule has 0 aliphatic rings. The van der Waals surface area contributed by atoms with Crippen molar-refractivity contribution in [2.75, 3.05) is 6.54 Å². The van der Waals surface area contributed by atoms with Crippen molar-refractivity contribution in [2.45, 2.75) is 5.92 Å². The molecule has 2 aromatic carbocycles. The maximum atomic E-state index is 12.6. The lowest BCUT2D eigenvalue weighted by Crippen LogP contribution is -2.28. The molecule has 28 heavy (non-hydrogen) atoms. The van der Waals surface area contributed by atoms with Gasteiger partial charge in [0.1, 0.15) is 0 Å². The number of hydrogen-bond donors (Lipinski definition) is 3. The van der Waals surface area contributed by atoms with Crippen molar-refractivity contribution in [1.29, 1.82) is 0 Å². The molecule has 4 aromatic rings. The van der Waals surface area contributed by atoms with E-state index in [1.165, 1.54) is 4.88 Å². The van der Waals surface area contributed by atoms with Gasteiger partial charge < -0.3 is 16.0 Å². The number of carbonyl (C=O) groups is 2. The number of carbonyl (C=O) groups excluding carboxylic acids is 2. The van der Waals surface area contributed by atoms with Gasteiger partial charge in [0, 0.05) is 45.6 Å². The minimum atomic E-state index is -0.510. The van der Waals surface area contributed by atoms with Gasteiger partial charge in [0.15, 0.2) is 0 Å². The Kier molecular flexibility index (Phi) is 4.95. The maximum absolute atomic E-state index is 12.6. The van der Waals surface area contributed by atoms with E-state index in [1.807, 2.05) is 35.8 Å². The molecule has 0 saturated heterocycles. The van der Waals surface area contributed by atoms with Crippen molar-refractivity contribution in [2.24, 2.45) is 5.73 Å². The van der Waals surface area contributed by atoms with Gasteiger partial charge in [-0.1, -0.05) is 24.3 Å². The van der Waals surface area contributed by atoms with E-state index in [0.29, 0.717) is 17.7 Å². The number of aromatic amines is 1. The van der Waals surface area contributed by atoms with Crippen molar-refractivity contribution >= 4 is 34.1 Å². The number of thiophene rings is 1. The summed E-state index contributed by atoms with van der Waals surface area (Å²) in [6, 6.07) is 18.6. The van der Waals surface area contributed by atoms with Crippen LogP contribution in [0.1, 0.15) is 37.1 Å². The maximum Gasteiger partial charge on any atom is 0.251 e. The molecule has 0 radical (unpaired) electrons. The zero-order chi connectivity index (χ0) is 19.5. The Labute approximate surface area is 166 Å². The van der Waals surface area contributed by atoms with E-state index in [2.05, 4.69) is 22.4 Å². The fraction of sp³-hybridized carbons (Fsp3) is 0.0909. The highest BCUT2D eigenvalue weighted by Gasteiger charge is 2.20. The van der Waals surface area contributed by atoms with Crippen molar-refractivity contribution < 1.29 is 9.59 Å². The van der Waals surface area contributed by atoms with Gasteiger partial charge in [-0.2, -0.15) is 0 Å². The summed E-state index contributed by atoms with van der Waals surface area (Å²) in [6.45, 7) is 0.471. The van der Waals surface area contributed by atoms with E-state index in [1.54, 1.807) is 35.6 Å². The lowest BCUT2D eigenvalue weighted by Gasteiger charge is -2.16. The monoisotopic (exact) mass is 389 g/mol. The molecular formula is C22H19N3O2S. The summed E-state index contributed by atoms with van der Waals surface area (Å²) in [5.41, 5.74) is 8.36. The number of fused-ring (bicyclic) bond motifs is 1. The summed E-state index contributed by atoms with van der Waals surface area (Å²) in [5, 5.41) is 6.22. The van der Waals surface area contributed by atoms with E-state index in [0.717, 1.165) is 16.5 Å². The largest absolute Gasteiger partial charge is 0.366 e. The number of hydrogen-bond acceptors (Lipinski definition) is 3. The Balaban J connectivity index is 1.57. The second-order valence-corrected chi connectivity index (χ2v) is 7.49. The number of aromatic nitrogens is 1. The summed E-state index contributed by atoms with van der Waals surface area (Å²) in [6.07, 6.45) is 2.02. The lowest BCUT2D eigenvalue weighted by atomic mass is 9.96. The van der Waals surface area contributed by atoms with Crippen molar-refractivity contribution in [3.63, 3.8) is 0 Å². The van der Waals surface area contributed by atoms with Gasteiger partial charge in [0.2, 0.25) is 5.91 Å². The number of para-hydroxylation sites is 1. The molecule has 2 amide bonds. The average molecular weight is 389 g/mol. The van der Waals surface area contributed by atoms with Crippen LogP contribution in [0.4, 0.5) is 0 Å². The van der Waals surface area contributed by atoms with Crippen LogP contribution in [0.15, 0.2) is 72.2 Å². The van der Waals surface area contributed by atoms with Crippen LogP contribution in [0.3, 0.4) is 0 Å². The third kappa shape index (κ3) is 3.54. The number of H-pyrrole nitrogens is 1. The smallest absolute Gasteiger partial charge is 0.251 e. The Morgan fingerprint density at radius 3 is 2.46 bits per heavy atom. The molecule has 4 rings (SSSR count). The van der Waals surface area contributed by atoms with Crippen LogP contribution in [0.25, 0.3) is 10.9 Å². The number of benzene rings is 2. The molecule has 0 fully saturated rings. The van der Waals surface area contributed by atoms with Crippen LogP contribution in [-0.2, 0) is 0 Å². The van der Waals surface area contributed by atoms with E-state index in [4.69, 9.17) is 5.73 Å². The number of nitrogens with two attached hydrogens (primary N) is 1. The molecule has 2 aromatic heterocycles. The summed E-state index contributed by atoms with van der Waals surface area (Å²) >= 11 is 1.67. The van der Waals surface area contributed by atoms with Crippen molar-refractivity contribution in [3.05, 3.63) is 93.8 Å². The fourth-order valence-electron chi connectivity index (χ4n) is 3.32. The van der Waals surface area contributed by atoms with E-state index >= 15 is 0 Å². The summed E-state index contributed by atoms with van der Waals surface area (Å²) < 4.78 is 0. The van der Waals surface area contributed by atoms with Gasteiger partial charge in [-0.25, -0.2) is 0 Å². The van der Waals surface area contributed by atoms with Gasteiger partial charge in [-0.05, 0) is 47.3 Å². The van der Waals surface area contributed by atoms with Crippen LogP contribution in [0.2, 0.25) is 0 Å². The Morgan fingerprint density at radius 1 is 1.00 bits per heavy atom. The van der Waals surface area contributed by atoms with Crippen LogP contribution < -0.4 is 11.1 Å². The first-order chi connectivity index (χ1) is 13.6. The standard InChI is InChI=1S/C22H19N3O2S/c23-21(26)14-7-9-15(10-8-14)22(27)25-13-18(20-6-3-11-28-20)17-12-24-19-5-2-1-4-16(17)19/h1-12,18,24H,13H2,(H2,23,26)(H,25,27). The fourth-order valence-corrected chi connectivity index (χ4v) is 4.16. The Hall–Kier alpha value is -3.38. The van der Waals surface area contributed by atoms with E-state index < -0.39 is 5.91 Å². The first-order valence-electron chi connectivity index (χ1n) is 8.91. The van der Waals surface area contributed by atoms with Gasteiger partial charge in [0.25, 0.3) is 5.91 Å². The van der Waals surface area contributed by atoms with Gasteiger partial charge in [-0.15, -0.1) is 11.3 Å². The second-order valence-electron chi connectivity index (χ2n) is 6.51. The first kappa shape index (κ1) is 18.0. The highest BCUT2D eigenvalue weighted by molar-refractivity contribution is 7.10. The van der Waals surface area contributed by atoms with Gasteiger partial charge in [-0.3, -0.25) is 9.59 Å². The normalized spacial score (nSPS) is 12.0. The highest BCUT2D eigenvalue weighted by atomic mass is 32.1. The summed E-state index contributed by atoms with van der Waals surface area (Å²) in [4.78, 5) is 28.3. The van der Waals surface area contributed by atoms with Crippen LogP contribution >= 0.6 is 11.3 Å². The van der Waals surface area contributed by atoms with Crippen LogP contribution in [0, 0.1) is 0 Å². The zero-order valence-electron chi connectivity index (χ0n) is 15.0. The minimum absolute atomic E-state index is 0.0463. The molecule has 140 valence electrons. The highest BCUT2D eigenvalue weighted by Crippen LogP contribution is 2.32. The Bertz CT molecular complexity index is 1110. The molecule has 1 atom stereocenters. The predicted molar refractivity (Wildman–Crippen MR) is 112 cm³/mol. The number of nitrogens with one attached hydrogen (secondary N) is 2. The molecule has 1 unspecified atom stereocenters. The van der Waals surface area contributed by atoms with Gasteiger partial charge >= 0.3 is 0 Å². The molecule has 0 saturated carbocycles. The molecule has 4 N–H and O–H groups in total. The minimum Gasteiger partial charge on any atom is -0.366 e. The summed E-state index contributed by atoms with van der Waals surface area (Å²) in [7, 11) is 0. The lowest BCUT2D eigenvalue weighted by molar-refractivity contribution is 0.0949. The molecule has 2 heterocycles. The number of primary amides is 1. The van der Waals surface area contributed by atoms with Crippen molar-refractivity contribution in [3.8, 4) is 0 Å². The third-order valence-corrected chi connectivity index (χ3v) is 5.77. The number of amides is 2. The molecule has 0 bridgehead atoms. The second kappa shape index (κ2) is 7.70. The molecular weight excluding hydrogens is 370 g/mol. The van der Waals surface area contributed by atoms with E-state index in [-0.39, 0.29) is 11.8 Å². The number of rotatable bonds is 6. The first-order valence-corrected chi connectivity index (χ1v) is 9.79. The van der Waals surface area contributed by atoms with E-state index in [9.17, 15) is 9.59 Å². The van der Waals surface area contributed by atoms with Crippen molar-refractivity contribution in [1.82, 2.24) is 10.3 Å². The quantitative estimate of drug-likeness (QED) is 0.467. The average Bonchev–Trinajstić information content (AvgIpc) is 3.39. The molecule has 0 aliphatic carbocycles. The summed E-state index contributed by atoms with van der Waals surface area (Å²) in [5.74, 6) is -0.647. The molecule has 0 spiro atoms. The van der Waals surface area contributed by atoms with Gasteiger partial charge in [0.05, 0.1) is 0 Å². The molecule has 0 aliphatic heterocycles. The topological polar surface area (TPSA) is 88.0 Å². The predicted octanol–water partition coefficient (Wildman–Crippen LogP) is 3.89. The van der Waals surface area contributed by atoms with Crippen LogP contribution in [0.5, 0.6) is 0 Å².